The normalized spacial score (nSPS) is 15.1. The molecular weight excluding hydrogens is 783 g/mol. The first kappa shape index (κ1) is 42.2. The fourth-order valence-corrected chi connectivity index (χ4v) is 8.34. The van der Waals surface area contributed by atoms with Crippen LogP contribution in [0.4, 0.5) is 11.4 Å². The van der Waals surface area contributed by atoms with Gasteiger partial charge in [-0.05, 0) is 64.6 Å². The predicted molar refractivity (Wildman–Crippen MR) is 244 cm³/mol. The molecule has 14 heteroatoms. The number of ketones is 2. The van der Waals surface area contributed by atoms with E-state index in [1.807, 2.05) is 99.0 Å². The number of fused-ring (bicyclic) bond motifs is 4. The van der Waals surface area contributed by atoms with Gasteiger partial charge in [0.15, 0.2) is 0 Å². The van der Waals surface area contributed by atoms with E-state index in [-0.39, 0.29) is 34.9 Å². The average Bonchev–Trinajstić information content (AvgIpc) is 3.95. The molecule has 3 aliphatic rings. The Morgan fingerprint density at radius 3 is 1.50 bits per heavy atom. The summed E-state index contributed by atoms with van der Waals surface area (Å²) < 4.78 is 3.72. The summed E-state index contributed by atoms with van der Waals surface area (Å²) in [4.78, 5) is 57.5. The topological polar surface area (TPSA) is 142 Å². The van der Waals surface area contributed by atoms with Crippen LogP contribution in [0.15, 0.2) is 107 Å². The maximum absolute atomic E-state index is 13.1. The molecule has 320 valence electrons. The largest absolute Gasteiger partial charge is 0.494 e. The number of amides is 1. The van der Waals surface area contributed by atoms with E-state index in [0.29, 0.717) is 65.8 Å². The molecule has 14 nitrogen and oxygen atoms in total. The third-order valence-corrected chi connectivity index (χ3v) is 11.8. The number of piperazine rings is 1. The standard InChI is InChI=1S/C25H31N5O2.C23H22N4O3/c1-27(2)13-15-29(16-14-28(3)4)17-30-21-12-8-6-10-19(21)22(25(30)32)23-24(31)18-9-5-7-11-20(18)26-23;1-15(28)26-12-10-25(11-13-26)14-27-19-9-5-3-7-17(19)20(23(27)30)21-22(29)16-6-2-4-8-18(16)24-21/h5-12,32H,13-17H2,1-4H3;2-9,30H,10-14H2,1H3. The lowest BCUT2D eigenvalue weighted by Crippen LogP contribution is -2.48. The van der Waals surface area contributed by atoms with Crippen molar-refractivity contribution in [3.63, 3.8) is 0 Å². The van der Waals surface area contributed by atoms with E-state index in [1.54, 1.807) is 19.1 Å². The number of nitrogens with zero attached hydrogens (tertiary/aromatic N) is 9. The van der Waals surface area contributed by atoms with Crippen molar-refractivity contribution >= 4 is 62.1 Å². The molecule has 1 amide bonds. The van der Waals surface area contributed by atoms with Crippen LogP contribution in [-0.2, 0) is 18.1 Å². The summed E-state index contributed by atoms with van der Waals surface area (Å²) in [7, 11) is 8.25. The van der Waals surface area contributed by atoms with Gasteiger partial charge in [-0.25, -0.2) is 9.98 Å². The Balaban J connectivity index is 0.000000171. The minimum absolute atomic E-state index is 0.0464. The van der Waals surface area contributed by atoms with Crippen molar-refractivity contribution < 1.29 is 24.6 Å². The number of carbonyl (C=O) groups excluding carboxylic acids is 3. The van der Waals surface area contributed by atoms with Crippen LogP contribution in [0.3, 0.4) is 0 Å². The van der Waals surface area contributed by atoms with Crippen molar-refractivity contribution in [2.45, 2.75) is 20.3 Å². The summed E-state index contributed by atoms with van der Waals surface area (Å²) in [5.41, 5.74) is 5.77. The van der Waals surface area contributed by atoms with Crippen LogP contribution in [0.25, 0.3) is 21.8 Å². The van der Waals surface area contributed by atoms with Crippen LogP contribution in [0.1, 0.15) is 38.8 Å². The van der Waals surface area contributed by atoms with Crippen LogP contribution in [0, 0.1) is 0 Å². The number of aromatic hydroxyl groups is 2. The van der Waals surface area contributed by atoms with Crippen molar-refractivity contribution in [2.24, 2.45) is 9.98 Å². The van der Waals surface area contributed by atoms with E-state index in [0.717, 1.165) is 61.1 Å². The Morgan fingerprint density at radius 1 is 0.597 bits per heavy atom. The molecule has 62 heavy (non-hydrogen) atoms. The van der Waals surface area contributed by atoms with Gasteiger partial charge in [-0.2, -0.15) is 0 Å². The first-order valence-corrected chi connectivity index (χ1v) is 21.0. The van der Waals surface area contributed by atoms with E-state index < -0.39 is 0 Å². The molecular formula is C48H53N9O5. The Labute approximate surface area is 361 Å². The van der Waals surface area contributed by atoms with Gasteiger partial charge in [0.1, 0.15) is 11.4 Å². The second-order valence-electron chi connectivity index (χ2n) is 16.5. The van der Waals surface area contributed by atoms with Gasteiger partial charge >= 0.3 is 0 Å². The van der Waals surface area contributed by atoms with Gasteiger partial charge in [-0.1, -0.05) is 60.7 Å². The number of Topliss-reactive ketones (excluding diaryl/α,β-unsaturated/α-hetero) is 2. The molecule has 2 aromatic heterocycles. The number of hydrogen-bond acceptors (Lipinski definition) is 11. The zero-order chi connectivity index (χ0) is 43.7. The number of para-hydroxylation sites is 4. The van der Waals surface area contributed by atoms with Crippen LogP contribution in [0.5, 0.6) is 11.8 Å². The smallest absolute Gasteiger partial charge is 0.219 e. The maximum Gasteiger partial charge on any atom is 0.219 e. The van der Waals surface area contributed by atoms with E-state index in [2.05, 4.69) is 57.8 Å². The fraction of sp³-hybridized carbons (Fsp3) is 0.312. The molecule has 0 saturated carbocycles. The first-order valence-electron chi connectivity index (χ1n) is 21.0. The molecule has 5 heterocycles. The van der Waals surface area contributed by atoms with E-state index >= 15 is 0 Å². The number of benzene rings is 4. The zero-order valence-electron chi connectivity index (χ0n) is 36.0. The number of rotatable bonds is 12. The van der Waals surface area contributed by atoms with E-state index in [9.17, 15) is 24.6 Å². The highest BCUT2D eigenvalue weighted by Gasteiger charge is 2.33. The quantitative estimate of drug-likeness (QED) is 0.156. The number of aliphatic imine (C=N–C) groups is 2. The molecule has 1 saturated heterocycles. The SMILES string of the molecule is CC(=O)N1CCN(Cn2c(O)c(C3=Nc4ccccc4C3=O)c3ccccc32)CC1.CN(C)CCN(CCN(C)C)Cn1c(O)c(C2=Nc3ccccc3C2=O)c2ccccc21. The molecule has 3 aliphatic heterocycles. The summed E-state index contributed by atoms with van der Waals surface area (Å²) in [6, 6.07) is 30.1. The summed E-state index contributed by atoms with van der Waals surface area (Å²) in [5.74, 6) is -0.0887. The molecule has 0 atom stereocenters. The third-order valence-electron chi connectivity index (χ3n) is 11.8. The van der Waals surface area contributed by atoms with Crippen LogP contribution in [-0.4, -0.2) is 153 Å². The summed E-state index contributed by atoms with van der Waals surface area (Å²) in [6.45, 7) is 8.96. The lowest BCUT2D eigenvalue weighted by molar-refractivity contribution is -0.130. The monoisotopic (exact) mass is 835 g/mol. The molecule has 0 radical (unpaired) electrons. The Bertz CT molecular complexity index is 2730. The lowest BCUT2D eigenvalue weighted by atomic mass is 10.0. The van der Waals surface area contributed by atoms with Crippen molar-refractivity contribution in [1.29, 1.82) is 0 Å². The number of carbonyl (C=O) groups is 3. The number of hydrogen-bond donors (Lipinski definition) is 2. The van der Waals surface area contributed by atoms with Crippen molar-refractivity contribution in [3.8, 4) is 11.8 Å². The highest BCUT2D eigenvalue weighted by atomic mass is 16.3. The van der Waals surface area contributed by atoms with Crippen molar-refractivity contribution in [2.75, 3.05) is 80.5 Å². The minimum Gasteiger partial charge on any atom is -0.494 e. The molecule has 0 aliphatic carbocycles. The average molecular weight is 836 g/mol. The highest BCUT2D eigenvalue weighted by molar-refractivity contribution is 6.57. The molecule has 6 aromatic rings. The molecule has 1 fully saturated rings. The second-order valence-corrected chi connectivity index (χ2v) is 16.5. The molecule has 9 rings (SSSR count). The molecule has 0 spiro atoms. The summed E-state index contributed by atoms with van der Waals surface area (Å²) >= 11 is 0. The third kappa shape index (κ3) is 8.29. The van der Waals surface area contributed by atoms with Gasteiger partial charge in [0, 0.05) is 81.2 Å². The maximum atomic E-state index is 13.1. The van der Waals surface area contributed by atoms with Crippen LogP contribution in [0.2, 0.25) is 0 Å². The van der Waals surface area contributed by atoms with Crippen LogP contribution >= 0.6 is 0 Å². The van der Waals surface area contributed by atoms with Crippen LogP contribution < -0.4 is 0 Å². The van der Waals surface area contributed by atoms with Crippen molar-refractivity contribution in [3.05, 3.63) is 119 Å². The zero-order valence-corrected chi connectivity index (χ0v) is 36.0. The first-order chi connectivity index (χ1) is 29.9. The van der Waals surface area contributed by atoms with E-state index in [4.69, 9.17) is 0 Å². The second kappa shape index (κ2) is 17.9. The molecule has 4 aromatic carbocycles. The molecule has 0 unspecified atom stereocenters. The van der Waals surface area contributed by atoms with Gasteiger partial charge in [0.25, 0.3) is 0 Å². The highest BCUT2D eigenvalue weighted by Crippen LogP contribution is 2.39. The summed E-state index contributed by atoms with van der Waals surface area (Å²) in [6.07, 6.45) is 0. The van der Waals surface area contributed by atoms with Gasteiger partial charge in [-0.15, -0.1) is 0 Å². The molecule has 0 bridgehead atoms. The fourth-order valence-electron chi connectivity index (χ4n) is 8.34. The van der Waals surface area contributed by atoms with E-state index in [1.165, 1.54) is 0 Å². The Morgan fingerprint density at radius 2 is 1.03 bits per heavy atom. The van der Waals surface area contributed by atoms with Gasteiger partial charge in [0.2, 0.25) is 29.2 Å². The summed E-state index contributed by atoms with van der Waals surface area (Å²) in [5, 5.41) is 24.2. The van der Waals surface area contributed by atoms with Gasteiger partial charge < -0.3 is 24.9 Å². The Hall–Kier alpha value is -6.45. The molecule has 2 N–H and O–H groups in total. The van der Waals surface area contributed by atoms with Gasteiger partial charge in [-0.3, -0.25) is 33.3 Å². The van der Waals surface area contributed by atoms with Gasteiger partial charge in [0.05, 0.1) is 46.9 Å². The Kier molecular flexibility index (Phi) is 12.2. The minimum atomic E-state index is -0.168. The number of likely N-dealkylation sites (N-methyl/N-ethyl adjacent to an activating group) is 2. The lowest BCUT2D eigenvalue weighted by Gasteiger charge is -2.34. The number of aromatic nitrogens is 2. The predicted octanol–water partition coefficient (Wildman–Crippen LogP) is 5.83. The van der Waals surface area contributed by atoms with Crippen molar-refractivity contribution in [1.82, 2.24) is 33.6 Å².